The van der Waals surface area contributed by atoms with Gasteiger partial charge in [-0.2, -0.15) is 0 Å². The summed E-state index contributed by atoms with van der Waals surface area (Å²) in [5.41, 5.74) is 6.77. The number of rotatable bonds is 8. The minimum Gasteiger partial charge on any atom is -0.489 e. The van der Waals surface area contributed by atoms with Crippen molar-refractivity contribution >= 4 is 16.6 Å². The van der Waals surface area contributed by atoms with Gasteiger partial charge in [0.15, 0.2) is 5.75 Å². The predicted octanol–water partition coefficient (Wildman–Crippen LogP) is 3.86. The van der Waals surface area contributed by atoms with Gasteiger partial charge in [-0.25, -0.2) is 0 Å². The third kappa shape index (κ3) is 4.41. The lowest BCUT2D eigenvalue weighted by atomic mass is 10.1. The molecule has 3 N–H and O–H groups in total. The number of nitrogens with two attached hydrogens (primary N) is 1. The van der Waals surface area contributed by atoms with E-state index in [-0.39, 0.29) is 17.4 Å². The average Bonchev–Trinajstić information content (AvgIpc) is 2.49. The number of aromatic nitrogens is 1. The van der Waals surface area contributed by atoms with E-state index < -0.39 is 0 Å². The maximum Gasteiger partial charge on any atom is 0.294 e. The number of anilines is 1. The Morgan fingerprint density at radius 2 is 1.96 bits per heavy atom. The third-order valence-electron chi connectivity index (χ3n) is 3.55. The summed E-state index contributed by atoms with van der Waals surface area (Å²) in [5, 5.41) is 0.810. The summed E-state index contributed by atoms with van der Waals surface area (Å²) in [7, 11) is 0. The molecule has 0 radical (unpaired) electrons. The molecule has 5 nitrogen and oxygen atoms in total. The molecule has 0 unspecified atom stereocenters. The van der Waals surface area contributed by atoms with E-state index in [0.29, 0.717) is 23.6 Å². The molecular formula is C18H26N2O3. The quantitative estimate of drug-likeness (QED) is 0.572. The molecule has 2 rings (SSSR count). The summed E-state index contributed by atoms with van der Waals surface area (Å²) < 4.78 is 11.6. The van der Waals surface area contributed by atoms with Gasteiger partial charge in [0.25, 0.3) is 5.56 Å². The lowest BCUT2D eigenvalue weighted by molar-refractivity contribution is 0.217. The molecule has 0 saturated carbocycles. The zero-order valence-corrected chi connectivity index (χ0v) is 14.1. The lowest BCUT2D eigenvalue weighted by Gasteiger charge is -2.16. The van der Waals surface area contributed by atoms with E-state index >= 15 is 0 Å². The highest BCUT2D eigenvalue weighted by Crippen LogP contribution is 2.33. The number of hydrogen-bond acceptors (Lipinski definition) is 4. The molecule has 126 valence electrons. The number of nitrogens with one attached hydrogen (secondary N) is 1. The van der Waals surface area contributed by atoms with E-state index in [1.807, 2.05) is 19.9 Å². The number of fused-ring (bicyclic) bond motifs is 1. The van der Waals surface area contributed by atoms with Crippen molar-refractivity contribution in [3.8, 4) is 11.5 Å². The van der Waals surface area contributed by atoms with E-state index in [9.17, 15) is 4.79 Å². The highest BCUT2D eigenvalue weighted by atomic mass is 16.5. The molecule has 0 amide bonds. The molecule has 0 bridgehead atoms. The Morgan fingerprint density at radius 3 is 2.65 bits per heavy atom. The van der Waals surface area contributed by atoms with Crippen LogP contribution in [0.1, 0.15) is 46.5 Å². The van der Waals surface area contributed by atoms with Gasteiger partial charge in [-0.05, 0) is 38.5 Å². The van der Waals surface area contributed by atoms with Crippen LogP contribution in [-0.4, -0.2) is 17.7 Å². The Bertz CT molecular complexity index is 707. The fraction of sp³-hybridized carbons (Fsp3) is 0.500. The molecule has 0 aliphatic carbocycles. The highest BCUT2D eigenvalue weighted by molar-refractivity contribution is 5.89. The van der Waals surface area contributed by atoms with Crippen molar-refractivity contribution in [1.82, 2.24) is 4.98 Å². The van der Waals surface area contributed by atoms with E-state index in [1.165, 1.54) is 12.8 Å². The van der Waals surface area contributed by atoms with E-state index in [1.54, 1.807) is 12.1 Å². The summed E-state index contributed by atoms with van der Waals surface area (Å²) in [6.07, 6.45) is 4.33. The second-order valence-corrected chi connectivity index (χ2v) is 5.99. The largest absolute Gasteiger partial charge is 0.489 e. The van der Waals surface area contributed by atoms with Crippen LogP contribution in [0.15, 0.2) is 23.0 Å². The number of nitrogen functional groups attached to an aromatic ring is 1. The smallest absolute Gasteiger partial charge is 0.294 e. The van der Waals surface area contributed by atoms with Gasteiger partial charge >= 0.3 is 0 Å². The minimum absolute atomic E-state index is 0.107. The van der Waals surface area contributed by atoms with Crippen LogP contribution in [0, 0.1) is 0 Å². The van der Waals surface area contributed by atoms with Gasteiger partial charge < -0.3 is 20.2 Å². The summed E-state index contributed by atoms with van der Waals surface area (Å²) in [6.45, 7) is 6.51. The van der Waals surface area contributed by atoms with Gasteiger partial charge in [0, 0.05) is 11.1 Å². The fourth-order valence-electron chi connectivity index (χ4n) is 2.46. The molecule has 1 aromatic heterocycles. The van der Waals surface area contributed by atoms with Crippen molar-refractivity contribution in [3.63, 3.8) is 0 Å². The van der Waals surface area contributed by atoms with Gasteiger partial charge in [-0.1, -0.05) is 26.2 Å². The number of H-pyrrole nitrogens is 1. The van der Waals surface area contributed by atoms with E-state index in [0.717, 1.165) is 18.2 Å². The van der Waals surface area contributed by atoms with Crippen LogP contribution < -0.4 is 20.8 Å². The summed E-state index contributed by atoms with van der Waals surface area (Å²) in [4.78, 5) is 15.1. The molecule has 0 fully saturated rings. The van der Waals surface area contributed by atoms with Crippen molar-refractivity contribution in [2.45, 2.75) is 52.6 Å². The maximum atomic E-state index is 12.3. The maximum absolute atomic E-state index is 12.3. The lowest BCUT2D eigenvalue weighted by Crippen LogP contribution is -2.18. The summed E-state index contributed by atoms with van der Waals surface area (Å²) >= 11 is 0. The van der Waals surface area contributed by atoms with E-state index in [2.05, 4.69) is 11.9 Å². The number of ether oxygens (including phenoxy) is 2. The van der Waals surface area contributed by atoms with Gasteiger partial charge in [0.05, 0.1) is 18.2 Å². The molecule has 1 aromatic carbocycles. The van der Waals surface area contributed by atoms with Crippen LogP contribution in [0.2, 0.25) is 0 Å². The van der Waals surface area contributed by atoms with Crippen molar-refractivity contribution in [1.29, 1.82) is 0 Å². The molecular weight excluding hydrogens is 292 g/mol. The molecule has 0 aliphatic heterocycles. The molecule has 0 atom stereocenters. The molecule has 2 aromatic rings. The predicted molar refractivity (Wildman–Crippen MR) is 94.4 cm³/mol. The van der Waals surface area contributed by atoms with Gasteiger partial charge in [0.1, 0.15) is 0 Å². The van der Waals surface area contributed by atoms with Crippen molar-refractivity contribution < 1.29 is 9.47 Å². The van der Waals surface area contributed by atoms with Crippen LogP contribution in [0.5, 0.6) is 11.5 Å². The Hall–Kier alpha value is -2.17. The molecule has 5 heteroatoms. The average molecular weight is 318 g/mol. The van der Waals surface area contributed by atoms with Crippen LogP contribution in [-0.2, 0) is 0 Å². The number of benzene rings is 1. The molecule has 0 aliphatic rings. The fourth-order valence-corrected chi connectivity index (χ4v) is 2.46. The molecule has 1 heterocycles. The first-order valence-corrected chi connectivity index (χ1v) is 8.28. The number of aromatic amines is 1. The Morgan fingerprint density at radius 1 is 1.17 bits per heavy atom. The SMILES string of the molecule is CCCCCCOc1c(OC(C)C)c(=O)[nH]c2cc(N)ccc12. The Labute approximate surface area is 136 Å². The van der Waals surface area contributed by atoms with Crippen molar-refractivity contribution in [2.24, 2.45) is 0 Å². The molecule has 23 heavy (non-hydrogen) atoms. The minimum atomic E-state index is -0.291. The molecule has 0 spiro atoms. The number of hydrogen-bond donors (Lipinski definition) is 2. The first kappa shape index (κ1) is 17.2. The normalized spacial score (nSPS) is 11.1. The van der Waals surface area contributed by atoms with Gasteiger partial charge in [-0.3, -0.25) is 4.79 Å². The zero-order valence-electron chi connectivity index (χ0n) is 14.1. The molecule has 0 saturated heterocycles. The van der Waals surface area contributed by atoms with Crippen molar-refractivity contribution in [2.75, 3.05) is 12.3 Å². The van der Waals surface area contributed by atoms with Crippen LogP contribution in [0.3, 0.4) is 0 Å². The number of unbranched alkanes of at least 4 members (excludes halogenated alkanes) is 3. The number of pyridine rings is 1. The Kier molecular flexibility index (Phi) is 5.90. The first-order chi connectivity index (χ1) is 11.0. The second kappa shape index (κ2) is 7.90. The van der Waals surface area contributed by atoms with Crippen LogP contribution >= 0.6 is 0 Å². The summed E-state index contributed by atoms with van der Waals surface area (Å²) in [5.74, 6) is 0.752. The van der Waals surface area contributed by atoms with Crippen molar-refractivity contribution in [3.05, 3.63) is 28.6 Å². The van der Waals surface area contributed by atoms with E-state index in [4.69, 9.17) is 15.2 Å². The van der Waals surface area contributed by atoms with Crippen LogP contribution in [0.4, 0.5) is 5.69 Å². The highest BCUT2D eigenvalue weighted by Gasteiger charge is 2.17. The first-order valence-electron chi connectivity index (χ1n) is 8.28. The summed E-state index contributed by atoms with van der Waals surface area (Å²) in [6, 6.07) is 5.39. The monoisotopic (exact) mass is 318 g/mol. The van der Waals surface area contributed by atoms with Gasteiger partial charge in [-0.15, -0.1) is 0 Å². The third-order valence-corrected chi connectivity index (χ3v) is 3.55. The van der Waals surface area contributed by atoms with Gasteiger partial charge in [0.2, 0.25) is 5.75 Å². The second-order valence-electron chi connectivity index (χ2n) is 5.99. The van der Waals surface area contributed by atoms with Crippen LogP contribution in [0.25, 0.3) is 10.9 Å². The topological polar surface area (TPSA) is 77.3 Å². The Balaban J connectivity index is 2.37. The zero-order chi connectivity index (χ0) is 16.8. The standard InChI is InChI=1S/C18H26N2O3/c1-4-5-6-7-10-22-16-14-9-8-13(19)11-15(14)20-18(21)17(16)23-12(2)3/h8-9,11-12H,4-7,10,19H2,1-3H3,(H,20,21).